The van der Waals surface area contributed by atoms with Crippen molar-refractivity contribution in [3.8, 4) is 0 Å². The van der Waals surface area contributed by atoms with Crippen molar-refractivity contribution in [3.05, 3.63) is 0 Å². The normalized spacial score (nSPS) is 18.6. The van der Waals surface area contributed by atoms with E-state index in [2.05, 4.69) is 0 Å². The summed E-state index contributed by atoms with van der Waals surface area (Å²) in [5.74, 6) is -0.821. The fourth-order valence-corrected chi connectivity index (χ4v) is 1.93. The maximum absolute atomic E-state index is 12.0. The van der Waals surface area contributed by atoms with Crippen LogP contribution in [0.15, 0.2) is 0 Å². The zero-order valence-electron chi connectivity index (χ0n) is 8.59. The number of hydrogen-bond acceptors (Lipinski definition) is 2. The molecule has 1 fully saturated rings. The summed E-state index contributed by atoms with van der Waals surface area (Å²) in [5.41, 5.74) is 5.44. The second-order valence-corrected chi connectivity index (χ2v) is 4.32. The van der Waals surface area contributed by atoms with Crippen LogP contribution in [0.1, 0.15) is 19.3 Å². The SMILES string of the molecule is NC(=S)C1CCN(C(=O)CC(F)(F)F)CC1. The van der Waals surface area contributed by atoms with E-state index in [1.54, 1.807) is 0 Å². The molecule has 2 N–H and O–H groups in total. The van der Waals surface area contributed by atoms with Crippen LogP contribution in [0.3, 0.4) is 0 Å². The molecule has 1 rings (SSSR count). The van der Waals surface area contributed by atoms with Gasteiger partial charge in [-0.1, -0.05) is 12.2 Å². The van der Waals surface area contributed by atoms with E-state index in [1.807, 2.05) is 0 Å². The number of nitrogens with zero attached hydrogens (tertiary/aromatic N) is 1. The zero-order valence-corrected chi connectivity index (χ0v) is 9.40. The van der Waals surface area contributed by atoms with E-state index >= 15 is 0 Å². The van der Waals surface area contributed by atoms with Gasteiger partial charge in [0.25, 0.3) is 0 Å². The first-order valence-electron chi connectivity index (χ1n) is 4.93. The summed E-state index contributed by atoms with van der Waals surface area (Å²) in [6.07, 6.45) is -4.71. The molecule has 1 heterocycles. The summed E-state index contributed by atoms with van der Waals surface area (Å²) in [7, 11) is 0. The van der Waals surface area contributed by atoms with Gasteiger partial charge in [0, 0.05) is 19.0 Å². The van der Waals surface area contributed by atoms with E-state index in [1.165, 1.54) is 4.90 Å². The third kappa shape index (κ3) is 3.96. The average Bonchev–Trinajstić information content (AvgIpc) is 2.15. The maximum atomic E-state index is 12.0. The fraction of sp³-hybridized carbons (Fsp3) is 0.778. The monoisotopic (exact) mass is 254 g/mol. The third-order valence-corrected chi connectivity index (χ3v) is 2.94. The van der Waals surface area contributed by atoms with Crippen molar-refractivity contribution >= 4 is 23.1 Å². The molecule has 7 heteroatoms. The number of hydrogen-bond donors (Lipinski definition) is 1. The molecular formula is C9H13F3N2OS. The molecule has 92 valence electrons. The quantitative estimate of drug-likeness (QED) is 0.759. The van der Waals surface area contributed by atoms with Gasteiger partial charge in [-0.05, 0) is 12.8 Å². The van der Waals surface area contributed by atoms with Crippen LogP contribution in [-0.2, 0) is 4.79 Å². The van der Waals surface area contributed by atoms with E-state index in [0.29, 0.717) is 30.9 Å². The van der Waals surface area contributed by atoms with Gasteiger partial charge in [0.2, 0.25) is 5.91 Å². The van der Waals surface area contributed by atoms with Crippen LogP contribution < -0.4 is 5.73 Å². The van der Waals surface area contributed by atoms with E-state index in [0.717, 1.165) is 0 Å². The van der Waals surface area contributed by atoms with Gasteiger partial charge in [-0.15, -0.1) is 0 Å². The lowest BCUT2D eigenvalue weighted by molar-refractivity contribution is -0.162. The number of amides is 1. The van der Waals surface area contributed by atoms with E-state index in [-0.39, 0.29) is 5.92 Å². The molecule has 0 aromatic rings. The lowest BCUT2D eigenvalue weighted by atomic mass is 9.97. The van der Waals surface area contributed by atoms with Gasteiger partial charge in [-0.3, -0.25) is 4.79 Å². The molecule has 1 amide bonds. The first-order chi connectivity index (χ1) is 7.29. The van der Waals surface area contributed by atoms with Crippen LogP contribution in [0.25, 0.3) is 0 Å². The first-order valence-corrected chi connectivity index (χ1v) is 5.34. The summed E-state index contributed by atoms with van der Waals surface area (Å²) in [6.45, 7) is 0.605. The summed E-state index contributed by atoms with van der Waals surface area (Å²) in [6, 6.07) is 0. The van der Waals surface area contributed by atoms with Crippen molar-refractivity contribution < 1.29 is 18.0 Å². The van der Waals surface area contributed by atoms with Gasteiger partial charge in [0.05, 0.1) is 4.99 Å². The van der Waals surface area contributed by atoms with Gasteiger partial charge in [-0.2, -0.15) is 13.2 Å². The number of piperidine rings is 1. The highest BCUT2D eigenvalue weighted by Crippen LogP contribution is 2.23. The smallest absolute Gasteiger partial charge is 0.393 e. The Bertz CT molecular complexity index is 285. The molecule has 1 saturated heterocycles. The van der Waals surface area contributed by atoms with Crippen molar-refractivity contribution in [3.63, 3.8) is 0 Å². The number of nitrogens with two attached hydrogens (primary N) is 1. The van der Waals surface area contributed by atoms with Crippen LogP contribution in [0.4, 0.5) is 13.2 Å². The molecule has 1 aliphatic rings. The summed E-state index contributed by atoms with van der Waals surface area (Å²) < 4.78 is 35.9. The van der Waals surface area contributed by atoms with Crippen LogP contribution in [0, 0.1) is 5.92 Å². The first kappa shape index (κ1) is 13.2. The molecule has 0 saturated carbocycles. The highest BCUT2D eigenvalue weighted by molar-refractivity contribution is 7.80. The standard InChI is InChI=1S/C9H13F3N2OS/c10-9(11,12)5-7(15)14-3-1-6(2-4-14)8(13)16/h6H,1-5H2,(H2,13,16). The van der Waals surface area contributed by atoms with Gasteiger partial charge in [0.1, 0.15) is 6.42 Å². The second-order valence-electron chi connectivity index (χ2n) is 3.85. The number of rotatable bonds is 2. The second kappa shape index (κ2) is 4.99. The summed E-state index contributed by atoms with van der Waals surface area (Å²) in [4.78, 5) is 12.8. The molecular weight excluding hydrogens is 241 g/mol. The summed E-state index contributed by atoms with van der Waals surface area (Å²) >= 11 is 4.80. The highest BCUT2D eigenvalue weighted by atomic mass is 32.1. The van der Waals surface area contributed by atoms with Crippen LogP contribution in [-0.4, -0.2) is 35.1 Å². The molecule has 0 bridgehead atoms. The van der Waals surface area contributed by atoms with E-state index in [9.17, 15) is 18.0 Å². The van der Waals surface area contributed by atoms with Gasteiger partial charge in [0.15, 0.2) is 0 Å². The van der Waals surface area contributed by atoms with Crippen molar-refractivity contribution in [1.82, 2.24) is 4.90 Å². The molecule has 16 heavy (non-hydrogen) atoms. The highest BCUT2D eigenvalue weighted by Gasteiger charge is 2.34. The van der Waals surface area contributed by atoms with Crippen LogP contribution in [0.5, 0.6) is 0 Å². The Hall–Kier alpha value is -0.850. The predicted octanol–water partition coefficient (Wildman–Crippen LogP) is 1.46. The molecule has 0 atom stereocenters. The van der Waals surface area contributed by atoms with Gasteiger partial charge < -0.3 is 10.6 Å². The van der Waals surface area contributed by atoms with Gasteiger partial charge >= 0.3 is 6.18 Å². The van der Waals surface area contributed by atoms with Gasteiger partial charge in [-0.25, -0.2) is 0 Å². The minimum absolute atomic E-state index is 0.0462. The van der Waals surface area contributed by atoms with Crippen molar-refractivity contribution in [2.45, 2.75) is 25.4 Å². The Morgan fingerprint density at radius 3 is 2.25 bits per heavy atom. The van der Waals surface area contributed by atoms with Crippen molar-refractivity contribution in [2.75, 3.05) is 13.1 Å². The topological polar surface area (TPSA) is 46.3 Å². The van der Waals surface area contributed by atoms with Crippen LogP contribution >= 0.6 is 12.2 Å². The molecule has 1 aliphatic heterocycles. The summed E-state index contributed by atoms with van der Waals surface area (Å²) in [5, 5.41) is 0. The van der Waals surface area contributed by atoms with Crippen molar-refractivity contribution in [2.24, 2.45) is 11.7 Å². The number of alkyl halides is 3. The zero-order chi connectivity index (χ0) is 12.3. The number of likely N-dealkylation sites (tertiary alicyclic amines) is 1. The Balaban J connectivity index is 2.42. The number of halogens is 3. The predicted molar refractivity (Wildman–Crippen MR) is 56.8 cm³/mol. The number of carbonyl (C=O) groups excluding carboxylic acids is 1. The minimum Gasteiger partial charge on any atom is -0.393 e. The molecule has 0 spiro atoms. The molecule has 0 radical (unpaired) electrons. The molecule has 0 aromatic heterocycles. The third-order valence-electron chi connectivity index (χ3n) is 2.60. The Morgan fingerprint density at radius 1 is 1.38 bits per heavy atom. The molecule has 3 nitrogen and oxygen atoms in total. The van der Waals surface area contributed by atoms with E-state index < -0.39 is 18.5 Å². The minimum atomic E-state index is -4.43. The molecule has 0 aromatic carbocycles. The lowest BCUT2D eigenvalue weighted by Gasteiger charge is -2.31. The van der Waals surface area contributed by atoms with Crippen LogP contribution in [0.2, 0.25) is 0 Å². The fourth-order valence-electron chi connectivity index (χ4n) is 1.70. The lowest BCUT2D eigenvalue weighted by Crippen LogP contribution is -2.42. The average molecular weight is 254 g/mol. The maximum Gasteiger partial charge on any atom is 0.397 e. The van der Waals surface area contributed by atoms with E-state index in [4.69, 9.17) is 18.0 Å². The molecule has 0 aliphatic carbocycles. The molecule has 0 unspecified atom stereocenters. The number of carbonyl (C=O) groups is 1. The Morgan fingerprint density at radius 2 is 1.88 bits per heavy atom. The largest absolute Gasteiger partial charge is 0.397 e. The number of thiocarbonyl (C=S) groups is 1. The van der Waals surface area contributed by atoms with Crippen molar-refractivity contribution in [1.29, 1.82) is 0 Å². The Kier molecular flexibility index (Phi) is 4.12. The Labute approximate surface area is 96.8 Å².